The maximum atomic E-state index is 13.1. The van der Waals surface area contributed by atoms with Crippen molar-refractivity contribution in [3.8, 4) is 0 Å². The molecule has 5 nitrogen and oxygen atoms in total. The van der Waals surface area contributed by atoms with Crippen LogP contribution in [0.1, 0.15) is 12.8 Å². The van der Waals surface area contributed by atoms with E-state index in [9.17, 15) is 20.7 Å². The zero-order chi connectivity index (χ0) is 13.4. The molecular weight excluding hydrogens is 281 g/mol. The molecule has 8 heteroatoms. The van der Waals surface area contributed by atoms with Crippen LogP contribution in [0.4, 0.5) is 3.89 Å². The minimum absolute atomic E-state index is 0.336. The van der Waals surface area contributed by atoms with Crippen molar-refractivity contribution in [1.29, 1.82) is 0 Å². The molecule has 0 radical (unpaired) electrons. The van der Waals surface area contributed by atoms with E-state index < -0.39 is 30.0 Å². The number of sulfonamides is 1. The van der Waals surface area contributed by atoms with Crippen molar-refractivity contribution in [2.24, 2.45) is 0 Å². The van der Waals surface area contributed by atoms with Gasteiger partial charge in [0.15, 0.2) is 0 Å². The number of benzene rings is 1. The summed E-state index contributed by atoms with van der Waals surface area (Å²) in [5.41, 5.74) is 0. The second-order valence-electron chi connectivity index (χ2n) is 4.00. The van der Waals surface area contributed by atoms with Crippen molar-refractivity contribution >= 4 is 20.2 Å². The van der Waals surface area contributed by atoms with Crippen LogP contribution < -0.4 is 0 Å². The van der Waals surface area contributed by atoms with Crippen LogP contribution in [0.2, 0.25) is 0 Å². The molecule has 1 saturated heterocycles. The van der Waals surface area contributed by atoms with E-state index in [2.05, 4.69) is 0 Å². The van der Waals surface area contributed by atoms with E-state index >= 15 is 0 Å². The molecule has 0 bridgehead atoms. The molecular formula is C10H12FNO4S2. The molecule has 1 aliphatic rings. The summed E-state index contributed by atoms with van der Waals surface area (Å²) in [5, 5.41) is 0. The van der Waals surface area contributed by atoms with E-state index in [0.29, 0.717) is 13.1 Å². The normalized spacial score (nSPS) is 18.1. The molecule has 100 valence electrons. The molecule has 1 aromatic rings. The van der Waals surface area contributed by atoms with Gasteiger partial charge in [-0.25, -0.2) is 8.42 Å². The monoisotopic (exact) mass is 293 g/mol. The van der Waals surface area contributed by atoms with Gasteiger partial charge >= 0.3 is 10.2 Å². The molecule has 18 heavy (non-hydrogen) atoms. The highest BCUT2D eigenvalue weighted by atomic mass is 32.3. The molecule has 0 unspecified atom stereocenters. The fourth-order valence-electron chi connectivity index (χ4n) is 1.93. The quantitative estimate of drug-likeness (QED) is 0.783. The summed E-state index contributed by atoms with van der Waals surface area (Å²) in [6, 6.07) is 4.73. The molecule has 0 aromatic heterocycles. The Hall–Kier alpha value is -0.990. The highest BCUT2D eigenvalue weighted by Crippen LogP contribution is 2.27. The standard InChI is InChI=1S/C10H12FNO4S2/c11-17(13,14)9-5-1-2-6-10(9)18(15,16)12-7-3-4-8-12/h1-2,5-6H,3-4,7-8H2. The Balaban J connectivity index is 2.58. The van der Waals surface area contributed by atoms with E-state index in [1.165, 1.54) is 16.4 Å². The molecule has 2 rings (SSSR count). The molecule has 1 aromatic carbocycles. The second kappa shape index (κ2) is 4.60. The summed E-state index contributed by atoms with van der Waals surface area (Å²) in [6.45, 7) is 0.673. The molecule has 1 fully saturated rings. The van der Waals surface area contributed by atoms with Crippen molar-refractivity contribution in [2.75, 3.05) is 13.1 Å². The Labute approximate surface area is 105 Å². The average Bonchev–Trinajstić information content (AvgIpc) is 2.82. The third kappa shape index (κ3) is 2.40. The SMILES string of the molecule is O=S(=O)(F)c1ccccc1S(=O)(=O)N1CCCC1. The van der Waals surface area contributed by atoms with Gasteiger partial charge in [-0.15, -0.1) is 3.89 Å². The molecule has 0 saturated carbocycles. The van der Waals surface area contributed by atoms with Gasteiger partial charge in [0.1, 0.15) is 9.79 Å². The van der Waals surface area contributed by atoms with Crippen molar-refractivity contribution in [2.45, 2.75) is 22.6 Å². The first-order valence-corrected chi connectivity index (χ1v) is 8.20. The van der Waals surface area contributed by atoms with Crippen LogP contribution in [-0.2, 0) is 20.2 Å². The predicted octanol–water partition coefficient (Wildman–Crippen LogP) is 1.13. The topological polar surface area (TPSA) is 71.5 Å². The summed E-state index contributed by atoms with van der Waals surface area (Å²) in [7, 11) is -8.99. The van der Waals surface area contributed by atoms with Gasteiger partial charge in [0, 0.05) is 13.1 Å². The smallest absolute Gasteiger partial charge is 0.207 e. The summed E-state index contributed by atoms with van der Waals surface area (Å²) in [4.78, 5) is -1.29. The van der Waals surface area contributed by atoms with Crippen LogP contribution in [-0.4, -0.2) is 34.2 Å². The van der Waals surface area contributed by atoms with Crippen LogP contribution in [0, 0.1) is 0 Å². The minimum Gasteiger partial charge on any atom is -0.207 e. The Bertz CT molecular complexity index is 648. The summed E-state index contributed by atoms with van der Waals surface area (Å²) < 4.78 is 60.6. The van der Waals surface area contributed by atoms with E-state index in [1.54, 1.807) is 0 Å². The fraction of sp³-hybridized carbons (Fsp3) is 0.400. The molecule has 0 amide bonds. The van der Waals surface area contributed by atoms with Crippen LogP contribution in [0.15, 0.2) is 34.1 Å². The highest BCUT2D eigenvalue weighted by Gasteiger charge is 2.32. The van der Waals surface area contributed by atoms with Gasteiger partial charge in [0.2, 0.25) is 10.0 Å². The summed E-state index contributed by atoms with van der Waals surface area (Å²) in [6.07, 6.45) is 1.45. The Morgan fingerprint density at radius 3 is 1.94 bits per heavy atom. The number of hydrogen-bond acceptors (Lipinski definition) is 4. The van der Waals surface area contributed by atoms with Crippen LogP contribution >= 0.6 is 0 Å². The molecule has 0 N–H and O–H groups in total. The maximum absolute atomic E-state index is 13.1. The zero-order valence-corrected chi connectivity index (χ0v) is 11.0. The van der Waals surface area contributed by atoms with Crippen molar-refractivity contribution < 1.29 is 20.7 Å². The van der Waals surface area contributed by atoms with Gasteiger partial charge in [0.05, 0.1) is 0 Å². The molecule has 1 aliphatic heterocycles. The number of hydrogen-bond donors (Lipinski definition) is 0. The molecule has 1 heterocycles. The van der Waals surface area contributed by atoms with Gasteiger partial charge in [0.25, 0.3) is 0 Å². The number of nitrogens with zero attached hydrogens (tertiary/aromatic N) is 1. The zero-order valence-electron chi connectivity index (χ0n) is 9.41. The lowest BCUT2D eigenvalue weighted by molar-refractivity contribution is 0.474. The predicted molar refractivity (Wildman–Crippen MR) is 62.7 cm³/mol. The van der Waals surface area contributed by atoms with Crippen LogP contribution in [0.25, 0.3) is 0 Å². The van der Waals surface area contributed by atoms with Crippen LogP contribution in [0.5, 0.6) is 0 Å². The van der Waals surface area contributed by atoms with E-state index in [1.807, 2.05) is 0 Å². The number of rotatable bonds is 3. The third-order valence-electron chi connectivity index (χ3n) is 2.79. The Morgan fingerprint density at radius 2 is 1.44 bits per heavy atom. The Morgan fingerprint density at radius 1 is 0.944 bits per heavy atom. The summed E-state index contributed by atoms with van der Waals surface area (Å²) in [5.74, 6) is 0. The third-order valence-corrected chi connectivity index (χ3v) is 5.76. The highest BCUT2D eigenvalue weighted by molar-refractivity contribution is 7.91. The first-order valence-electron chi connectivity index (χ1n) is 5.37. The molecule has 0 atom stereocenters. The van der Waals surface area contributed by atoms with Crippen LogP contribution in [0.3, 0.4) is 0 Å². The minimum atomic E-state index is -5.05. The van der Waals surface area contributed by atoms with E-state index in [-0.39, 0.29) is 0 Å². The van der Waals surface area contributed by atoms with Crippen molar-refractivity contribution in [1.82, 2.24) is 4.31 Å². The second-order valence-corrected chi connectivity index (χ2v) is 7.22. The molecule has 0 aliphatic carbocycles. The van der Waals surface area contributed by atoms with Gasteiger partial charge < -0.3 is 0 Å². The van der Waals surface area contributed by atoms with Crippen molar-refractivity contribution in [3.05, 3.63) is 24.3 Å². The average molecular weight is 293 g/mol. The lowest BCUT2D eigenvalue weighted by Crippen LogP contribution is -2.28. The lowest BCUT2D eigenvalue weighted by atomic mass is 10.4. The number of halogens is 1. The first kappa shape index (κ1) is 13.4. The lowest BCUT2D eigenvalue weighted by Gasteiger charge is -2.16. The van der Waals surface area contributed by atoms with Gasteiger partial charge in [-0.1, -0.05) is 12.1 Å². The van der Waals surface area contributed by atoms with Crippen molar-refractivity contribution in [3.63, 3.8) is 0 Å². The van der Waals surface area contributed by atoms with E-state index in [0.717, 1.165) is 25.0 Å². The summed E-state index contributed by atoms with van der Waals surface area (Å²) >= 11 is 0. The molecule has 0 spiro atoms. The first-order chi connectivity index (χ1) is 8.33. The van der Waals surface area contributed by atoms with Gasteiger partial charge in [-0.05, 0) is 25.0 Å². The Kier molecular flexibility index (Phi) is 3.43. The van der Waals surface area contributed by atoms with Gasteiger partial charge in [-0.2, -0.15) is 12.7 Å². The maximum Gasteiger partial charge on any atom is 0.333 e. The van der Waals surface area contributed by atoms with E-state index in [4.69, 9.17) is 0 Å². The fourth-order valence-corrected chi connectivity index (χ4v) is 4.69. The largest absolute Gasteiger partial charge is 0.333 e. The van der Waals surface area contributed by atoms with Gasteiger partial charge in [-0.3, -0.25) is 0 Å².